The molecule has 6 nitrogen and oxygen atoms in total. The number of fused-ring (bicyclic) bond motifs is 1. The lowest BCUT2D eigenvalue weighted by molar-refractivity contribution is -0.152. The van der Waals surface area contributed by atoms with Crippen molar-refractivity contribution >= 4 is 16.9 Å². The third kappa shape index (κ3) is 4.99. The maximum absolute atomic E-state index is 13.7. The number of halogens is 3. The van der Waals surface area contributed by atoms with Gasteiger partial charge in [0.2, 0.25) is 11.2 Å². The van der Waals surface area contributed by atoms with E-state index in [0.717, 1.165) is 6.07 Å². The number of methoxy groups -OCH3 is 1. The lowest BCUT2D eigenvalue weighted by Crippen LogP contribution is -2.19. The van der Waals surface area contributed by atoms with Crippen molar-refractivity contribution in [1.82, 2.24) is 0 Å². The van der Waals surface area contributed by atoms with E-state index in [0.29, 0.717) is 5.75 Å². The first kappa shape index (κ1) is 22.2. The standard InChI is InChI=1S/C22H19F3O6/c1-12(2)30-18(26)11-29-15-8-9-16-17(10-15)31-21(22(23,24)25)19(20(16)27)13-4-6-14(28-3)7-5-13/h4-10,12H,11H2,1-3H3. The first-order valence-corrected chi connectivity index (χ1v) is 9.25. The van der Waals surface area contributed by atoms with Gasteiger partial charge >= 0.3 is 12.1 Å². The van der Waals surface area contributed by atoms with E-state index in [1.807, 2.05) is 0 Å². The van der Waals surface area contributed by atoms with Gasteiger partial charge in [0.15, 0.2) is 6.61 Å². The third-order valence-electron chi connectivity index (χ3n) is 4.22. The van der Waals surface area contributed by atoms with E-state index < -0.39 is 35.5 Å². The molecule has 0 aliphatic heterocycles. The number of hydrogen-bond acceptors (Lipinski definition) is 6. The Labute approximate surface area is 175 Å². The summed E-state index contributed by atoms with van der Waals surface area (Å²) in [7, 11) is 1.42. The summed E-state index contributed by atoms with van der Waals surface area (Å²) < 4.78 is 61.4. The highest BCUT2D eigenvalue weighted by atomic mass is 19.4. The van der Waals surface area contributed by atoms with E-state index in [4.69, 9.17) is 18.6 Å². The highest BCUT2D eigenvalue weighted by Gasteiger charge is 2.39. The SMILES string of the molecule is COc1ccc(-c2c(C(F)(F)F)oc3cc(OCC(=O)OC(C)C)ccc3c2=O)cc1. The number of benzene rings is 2. The summed E-state index contributed by atoms with van der Waals surface area (Å²) in [5, 5.41) is -0.0593. The number of esters is 1. The second-order valence-electron chi connectivity index (χ2n) is 6.85. The van der Waals surface area contributed by atoms with Gasteiger partial charge in [-0.25, -0.2) is 4.79 Å². The minimum Gasteiger partial charge on any atom is -0.497 e. The molecule has 0 aliphatic rings. The molecule has 1 heterocycles. The maximum atomic E-state index is 13.7. The van der Waals surface area contributed by atoms with Gasteiger partial charge in [0.1, 0.15) is 17.1 Å². The Morgan fingerprint density at radius 2 is 1.71 bits per heavy atom. The van der Waals surface area contributed by atoms with Gasteiger partial charge < -0.3 is 18.6 Å². The van der Waals surface area contributed by atoms with Crippen molar-refractivity contribution in [3.8, 4) is 22.6 Å². The number of alkyl halides is 3. The van der Waals surface area contributed by atoms with Crippen LogP contribution in [0.5, 0.6) is 11.5 Å². The van der Waals surface area contributed by atoms with Crippen LogP contribution in [0.3, 0.4) is 0 Å². The van der Waals surface area contributed by atoms with Crippen LogP contribution in [0.1, 0.15) is 19.6 Å². The zero-order valence-corrected chi connectivity index (χ0v) is 16.9. The minimum absolute atomic E-state index is 0.0422. The number of carbonyl (C=O) groups is 1. The van der Waals surface area contributed by atoms with Crippen molar-refractivity contribution in [1.29, 1.82) is 0 Å². The quantitative estimate of drug-likeness (QED) is 0.516. The smallest absolute Gasteiger partial charge is 0.450 e. The number of carbonyl (C=O) groups excluding carboxylic acids is 1. The van der Waals surface area contributed by atoms with Crippen molar-refractivity contribution in [3.05, 3.63) is 58.4 Å². The molecular formula is C22H19F3O6. The highest BCUT2D eigenvalue weighted by molar-refractivity contribution is 5.84. The Balaban J connectivity index is 2.06. The lowest BCUT2D eigenvalue weighted by Gasteiger charge is -2.14. The van der Waals surface area contributed by atoms with Gasteiger partial charge in [-0.3, -0.25) is 4.79 Å². The van der Waals surface area contributed by atoms with E-state index >= 15 is 0 Å². The molecule has 0 spiro atoms. The van der Waals surface area contributed by atoms with Crippen LogP contribution in [0.4, 0.5) is 13.2 Å². The van der Waals surface area contributed by atoms with E-state index in [2.05, 4.69) is 0 Å². The predicted molar refractivity (Wildman–Crippen MR) is 106 cm³/mol. The van der Waals surface area contributed by atoms with Crippen LogP contribution in [-0.2, 0) is 15.7 Å². The van der Waals surface area contributed by atoms with Crippen molar-refractivity contribution in [2.75, 3.05) is 13.7 Å². The molecule has 0 unspecified atom stereocenters. The van der Waals surface area contributed by atoms with E-state index in [1.54, 1.807) is 13.8 Å². The van der Waals surface area contributed by atoms with E-state index in [9.17, 15) is 22.8 Å². The summed E-state index contributed by atoms with van der Waals surface area (Å²) in [5.74, 6) is -1.57. The van der Waals surface area contributed by atoms with E-state index in [1.165, 1.54) is 43.5 Å². The van der Waals surface area contributed by atoms with Crippen LogP contribution in [0, 0.1) is 0 Å². The molecule has 2 aromatic carbocycles. The Hall–Kier alpha value is -3.49. The monoisotopic (exact) mass is 436 g/mol. The molecule has 1 aromatic heterocycles. The Kier molecular flexibility index (Phi) is 6.24. The Morgan fingerprint density at radius 1 is 1.06 bits per heavy atom. The molecule has 0 atom stereocenters. The van der Waals surface area contributed by atoms with Crippen molar-refractivity contribution in [3.63, 3.8) is 0 Å². The van der Waals surface area contributed by atoms with E-state index in [-0.39, 0.29) is 28.4 Å². The minimum atomic E-state index is -4.92. The normalized spacial score (nSPS) is 11.6. The molecule has 0 saturated heterocycles. The molecule has 0 bridgehead atoms. The fourth-order valence-electron chi connectivity index (χ4n) is 2.92. The fraction of sp³-hybridized carbons (Fsp3) is 0.273. The molecule has 31 heavy (non-hydrogen) atoms. The molecule has 164 valence electrons. The van der Waals surface area contributed by atoms with Crippen LogP contribution in [0.15, 0.2) is 51.7 Å². The van der Waals surface area contributed by atoms with Crippen molar-refractivity contribution in [2.24, 2.45) is 0 Å². The first-order valence-electron chi connectivity index (χ1n) is 9.25. The summed E-state index contributed by atoms with van der Waals surface area (Å²) >= 11 is 0. The van der Waals surface area contributed by atoms with Crippen LogP contribution in [0.25, 0.3) is 22.1 Å². The average molecular weight is 436 g/mol. The number of ether oxygens (including phenoxy) is 3. The van der Waals surface area contributed by atoms with Gasteiger partial charge in [-0.15, -0.1) is 0 Å². The summed E-state index contributed by atoms with van der Waals surface area (Å²) in [4.78, 5) is 24.5. The summed E-state index contributed by atoms with van der Waals surface area (Å²) in [6.07, 6.45) is -5.25. The first-order chi connectivity index (χ1) is 14.6. The average Bonchev–Trinajstić information content (AvgIpc) is 2.71. The second kappa shape index (κ2) is 8.71. The molecule has 0 amide bonds. The zero-order valence-electron chi connectivity index (χ0n) is 16.9. The van der Waals surface area contributed by atoms with Gasteiger partial charge in [-0.05, 0) is 43.7 Å². The Morgan fingerprint density at radius 3 is 2.29 bits per heavy atom. The zero-order chi connectivity index (χ0) is 22.8. The van der Waals surface area contributed by atoms with Gasteiger partial charge in [-0.1, -0.05) is 12.1 Å². The molecule has 0 fully saturated rings. The van der Waals surface area contributed by atoms with Crippen LogP contribution in [0.2, 0.25) is 0 Å². The van der Waals surface area contributed by atoms with Gasteiger partial charge in [-0.2, -0.15) is 13.2 Å². The molecule has 0 saturated carbocycles. The Bertz CT molecular complexity index is 1150. The summed E-state index contributed by atoms with van der Waals surface area (Å²) in [5.41, 5.74) is -1.72. The molecule has 3 rings (SSSR count). The number of rotatable bonds is 6. The van der Waals surface area contributed by atoms with Gasteiger partial charge in [0.25, 0.3) is 0 Å². The predicted octanol–water partition coefficient (Wildman–Crippen LogP) is 4.82. The largest absolute Gasteiger partial charge is 0.497 e. The third-order valence-corrected chi connectivity index (χ3v) is 4.22. The molecule has 0 aliphatic carbocycles. The van der Waals surface area contributed by atoms with Crippen LogP contribution in [-0.4, -0.2) is 25.8 Å². The summed E-state index contributed by atoms with van der Waals surface area (Å²) in [6.45, 7) is 2.90. The highest BCUT2D eigenvalue weighted by Crippen LogP contribution is 2.38. The van der Waals surface area contributed by atoms with Crippen molar-refractivity contribution in [2.45, 2.75) is 26.1 Å². The maximum Gasteiger partial charge on any atom is 0.450 e. The molecule has 0 N–H and O–H groups in total. The van der Waals surface area contributed by atoms with Gasteiger partial charge in [0, 0.05) is 6.07 Å². The van der Waals surface area contributed by atoms with Gasteiger partial charge in [0.05, 0.1) is 24.2 Å². The lowest BCUT2D eigenvalue weighted by atomic mass is 10.0. The second-order valence-corrected chi connectivity index (χ2v) is 6.85. The fourth-order valence-corrected chi connectivity index (χ4v) is 2.92. The topological polar surface area (TPSA) is 75.0 Å². The van der Waals surface area contributed by atoms with Crippen LogP contribution >= 0.6 is 0 Å². The molecular weight excluding hydrogens is 417 g/mol. The summed E-state index contributed by atoms with van der Waals surface area (Å²) in [6, 6.07) is 9.39. The van der Waals surface area contributed by atoms with Crippen LogP contribution < -0.4 is 14.9 Å². The molecule has 3 aromatic rings. The van der Waals surface area contributed by atoms with Crippen molar-refractivity contribution < 1.29 is 36.6 Å². The molecule has 0 radical (unpaired) electrons. The molecule has 9 heteroatoms. The number of hydrogen-bond donors (Lipinski definition) is 0.